The molecule has 7 heteroatoms. The van der Waals surface area contributed by atoms with Crippen molar-refractivity contribution in [2.24, 2.45) is 0 Å². The zero-order valence-corrected chi connectivity index (χ0v) is 14.5. The van der Waals surface area contributed by atoms with Gasteiger partial charge in [0.05, 0.1) is 11.6 Å². The van der Waals surface area contributed by atoms with Crippen LogP contribution in [-0.2, 0) is 11.3 Å². The molecule has 132 valence electrons. The second-order valence-electron chi connectivity index (χ2n) is 6.26. The maximum absolute atomic E-state index is 10.9. The minimum atomic E-state index is -0.765. The first kappa shape index (κ1) is 17.3. The van der Waals surface area contributed by atoms with Gasteiger partial charge in [0.1, 0.15) is 13.2 Å². The summed E-state index contributed by atoms with van der Waals surface area (Å²) >= 11 is 6.25. The summed E-state index contributed by atoms with van der Waals surface area (Å²) in [7, 11) is 0. The molecule has 6 nitrogen and oxygen atoms in total. The number of carboxylic acids is 1. The number of carbonyl (C=O) groups is 1. The summed E-state index contributed by atoms with van der Waals surface area (Å²) in [6, 6.07) is 4.63. The number of ether oxygens (including phenoxy) is 2. The van der Waals surface area contributed by atoms with Gasteiger partial charge in [-0.05, 0) is 37.1 Å². The summed E-state index contributed by atoms with van der Waals surface area (Å²) in [5, 5.41) is 13.0. The van der Waals surface area contributed by atoms with Crippen LogP contribution in [0.5, 0.6) is 11.5 Å². The van der Waals surface area contributed by atoms with Crippen molar-refractivity contribution in [2.45, 2.75) is 38.4 Å². The van der Waals surface area contributed by atoms with E-state index in [1.807, 2.05) is 24.0 Å². The molecule has 2 aliphatic rings. The Morgan fingerprint density at radius 2 is 2.12 bits per heavy atom. The highest BCUT2D eigenvalue weighted by atomic mass is 35.5. The number of rotatable bonds is 7. The Balaban J connectivity index is 1.49. The van der Waals surface area contributed by atoms with E-state index in [0.29, 0.717) is 48.4 Å². The smallest absolute Gasteiger partial charge is 0.317 e. The number of nitrogens with zero attached hydrogens (tertiary/aromatic N) is 1. The maximum atomic E-state index is 10.9. The van der Waals surface area contributed by atoms with E-state index in [4.69, 9.17) is 26.2 Å². The Hall–Kier alpha value is -1.50. The van der Waals surface area contributed by atoms with E-state index in [1.165, 1.54) is 0 Å². The van der Waals surface area contributed by atoms with Crippen LogP contribution < -0.4 is 14.8 Å². The zero-order chi connectivity index (χ0) is 17.1. The average molecular weight is 355 g/mol. The summed E-state index contributed by atoms with van der Waals surface area (Å²) in [6.07, 6.45) is 1.94. The SMILES string of the molecule is CCN(CC(=O)O)C1CC(NCc2cc(Cl)c3c(c2)OCCO3)C1. The fourth-order valence-electron chi connectivity index (χ4n) is 3.25. The molecule has 24 heavy (non-hydrogen) atoms. The van der Waals surface area contributed by atoms with Crippen molar-refractivity contribution in [3.8, 4) is 11.5 Å². The number of nitrogens with one attached hydrogen (secondary N) is 1. The monoisotopic (exact) mass is 354 g/mol. The van der Waals surface area contributed by atoms with Crippen LogP contribution in [0.15, 0.2) is 12.1 Å². The Morgan fingerprint density at radius 1 is 1.38 bits per heavy atom. The van der Waals surface area contributed by atoms with E-state index >= 15 is 0 Å². The average Bonchev–Trinajstić information content (AvgIpc) is 2.52. The van der Waals surface area contributed by atoms with Crippen molar-refractivity contribution in [3.63, 3.8) is 0 Å². The molecule has 1 aliphatic carbocycles. The first-order valence-electron chi connectivity index (χ1n) is 8.34. The number of fused-ring (bicyclic) bond motifs is 1. The van der Waals surface area contributed by atoms with E-state index in [-0.39, 0.29) is 6.54 Å². The normalized spacial score (nSPS) is 22.3. The van der Waals surface area contributed by atoms with Crippen molar-refractivity contribution in [3.05, 3.63) is 22.7 Å². The molecule has 0 amide bonds. The summed E-state index contributed by atoms with van der Waals surface area (Å²) in [4.78, 5) is 12.9. The number of carboxylic acid groups (broad SMARTS) is 1. The predicted octanol–water partition coefficient (Wildman–Crippen LogP) is 2.14. The summed E-state index contributed by atoms with van der Waals surface area (Å²) < 4.78 is 11.1. The van der Waals surface area contributed by atoms with Crippen molar-refractivity contribution in [1.82, 2.24) is 10.2 Å². The van der Waals surface area contributed by atoms with Crippen molar-refractivity contribution >= 4 is 17.6 Å². The maximum Gasteiger partial charge on any atom is 0.317 e. The standard InChI is InChI=1S/C17H23ClN2O4/c1-2-20(10-16(21)22)13-7-12(8-13)19-9-11-5-14(18)17-15(6-11)23-3-4-24-17/h5-6,12-13,19H,2-4,7-10H2,1H3,(H,21,22). The molecule has 0 aromatic heterocycles. The van der Waals surface area contributed by atoms with Crippen LogP contribution in [0.2, 0.25) is 5.02 Å². The third-order valence-electron chi connectivity index (χ3n) is 4.63. The third kappa shape index (κ3) is 3.94. The van der Waals surface area contributed by atoms with Gasteiger partial charge in [0.25, 0.3) is 0 Å². The molecule has 0 saturated heterocycles. The van der Waals surface area contributed by atoms with Gasteiger partial charge in [0.2, 0.25) is 0 Å². The Bertz CT molecular complexity index is 604. The second-order valence-corrected chi connectivity index (χ2v) is 6.67. The van der Waals surface area contributed by atoms with Crippen LogP contribution >= 0.6 is 11.6 Å². The molecular formula is C17H23ClN2O4. The highest BCUT2D eigenvalue weighted by molar-refractivity contribution is 6.32. The lowest BCUT2D eigenvalue weighted by Gasteiger charge is -2.42. The lowest BCUT2D eigenvalue weighted by atomic mass is 9.85. The number of benzene rings is 1. The van der Waals surface area contributed by atoms with Gasteiger partial charge in [-0.15, -0.1) is 0 Å². The molecule has 2 N–H and O–H groups in total. The molecule has 1 aromatic carbocycles. The van der Waals surface area contributed by atoms with Crippen LogP contribution in [0, 0.1) is 0 Å². The molecule has 0 unspecified atom stereocenters. The number of halogens is 1. The molecule has 0 atom stereocenters. The quantitative estimate of drug-likeness (QED) is 0.781. The zero-order valence-electron chi connectivity index (χ0n) is 13.8. The predicted molar refractivity (Wildman–Crippen MR) is 91.0 cm³/mol. The van der Waals surface area contributed by atoms with Gasteiger partial charge in [-0.1, -0.05) is 18.5 Å². The number of hydrogen-bond donors (Lipinski definition) is 2. The molecule has 0 spiro atoms. The fraction of sp³-hybridized carbons (Fsp3) is 0.588. The molecule has 3 rings (SSSR count). The van der Waals surface area contributed by atoms with Gasteiger partial charge >= 0.3 is 5.97 Å². The lowest BCUT2D eigenvalue weighted by molar-refractivity contribution is -0.139. The van der Waals surface area contributed by atoms with Gasteiger partial charge in [0.15, 0.2) is 11.5 Å². The summed E-state index contributed by atoms with van der Waals surface area (Å²) in [5.41, 5.74) is 1.06. The van der Waals surface area contributed by atoms with Crippen molar-refractivity contribution < 1.29 is 19.4 Å². The number of hydrogen-bond acceptors (Lipinski definition) is 5. The van der Waals surface area contributed by atoms with Gasteiger partial charge in [0, 0.05) is 18.6 Å². The van der Waals surface area contributed by atoms with Crippen molar-refractivity contribution in [2.75, 3.05) is 26.3 Å². The van der Waals surface area contributed by atoms with Gasteiger partial charge < -0.3 is 19.9 Å². The molecule has 1 heterocycles. The van der Waals surface area contributed by atoms with Crippen LogP contribution in [0.3, 0.4) is 0 Å². The molecule has 1 saturated carbocycles. The number of aliphatic carboxylic acids is 1. The summed E-state index contributed by atoms with van der Waals surface area (Å²) in [6.45, 7) is 4.66. The summed E-state index contributed by atoms with van der Waals surface area (Å²) in [5.74, 6) is 0.567. The Morgan fingerprint density at radius 3 is 2.83 bits per heavy atom. The Kier molecular flexibility index (Phi) is 5.48. The van der Waals surface area contributed by atoms with Crippen LogP contribution in [0.25, 0.3) is 0 Å². The van der Waals surface area contributed by atoms with E-state index in [9.17, 15) is 4.79 Å². The fourth-order valence-corrected chi connectivity index (χ4v) is 3.54. The van der Waals surface area contributed by atoms with Gasteiger partial charge in [-0.25, -0.2) is 0 Å². The van der Waals surface area contributed by atoms with E-state index in [1.54, 1.807) is 0 Å². The van der Waals surface area contributed by atoms with E-state index < -0.39 is 5.97 Å². The first-order valence-corrected chi connectivity index (χ1v) is 8.72. The van der Waals surface area contributed by atoms with Gasteiger partial charge in [-0.2, -0.15) is 0 Å². The van der Waals surface area contributed by atoms with Gasteiger partial charge in [-0.3, -0.25) is 9.69 Å². The topological polar surface area (TPSA) is 71.0 Å². The van der Waals surface area contributed by atoms with E-state index in [0.717, 1.165) is 24.9 Å². The van der Waals surface area contributed by atoms with E-state index in [2.05, 4.69) is 5.32 Å². The molecular weight excluding hydrogens is 332 g/mol. The highest BCUT2D eigenvalue weighted by Crippen LogP contribution is 2.38. The molecule has 1 aliphatic heterocycles. The van der Waals surface area contributed by atoms with Crippen LogP contribution in [0.4, 0.5) is 0 Å². The first-order chi connectivity index (χ1) is 11.6. The molecule has 1 fully saturated rings. The minimum absolute atomic E-state index is 0.117. The van der Waals surface area contributed by atoms with Crippen LogP contribution in [0.1, 0.15) is 25.3 Å². The lowest BCUT2D eigenvalue weighted by Crippen LogP contribution is -2.53. The number of likely N-dealkylation sites (N-methyl/N-ethyl adjacent to an activating group) is 1. The minimum Gasteiger partial charge on any atom is -0.486 e. The highest BCUT2D eigenvalue weighted by Gasteiger charge is 2.33. The second kappa shape index (κ2) is 7.59. The van der Waals surface area contributed by atoms with Crippen LogP contribution in [-0.4, -0.2) is 54.4 Å². The molecule has 0 bridgehead atoms. The molecule has 0 radical (unpaired) electrons. The largest absolute Gasteiger partial charge is 0.486 e. The molecule has 1 aromatic rings. The van der Waals surface area contributed by atoms with Crippen molar-refractivity contribution in [1.29, 1.82) is 0 Å². The third-order valence-corrected chi connectivity index (χ3v) is 4.91. The Labute approximate surface area is 146 Å².